The van der Waals surface area contributed by atoms with Crippen LogP contribution in [-0.2, 0) is 9.53 Å². The second kappa shape index (κ2) is 8.70. The number of carbonyl (C=O) groups is 2. The second-order valence-corrected chi connectivity index (χ2v) is 9.07. The van der Waals surface area contributed by atoms with Crippen LogP contribution < -0.4 is 0 Å². The molecular weight excluding hydrogens is 386 g/mol. The van der Waals surface area contributed by atoms with E-state index < -0.39 is 6.09 Å². The van der Waals surface area contributed by atoms with E-state index in [0.29, 0.717) is 5.92 Å². The van der Waals surface area contributed by atoms with Gasteiger partial charge in [0.1, 0.15) is 6.61 Å². The third-order valence-electron chi connectivity index (χ3n) is 7.24. The number of rotatable bonds is 4. The van der Waals surface area contributed by atoms with Crippen LogP contribution in [0.5, 0.6) is 0 Å². The molecule has 2 aliphatic carbocycles. The third kappa shape index (κ3) is 3.91. The van der Waals surface area contributed by atoms with Gasteiger partial charge in [-0.15, -0.1) is 0 Å². The lowest BCUT2D eigenvalue weighted by Crippen LogP contribution is -2.47. The standard InChI is InChI=1S/C27H29NO3/c29-26(23-16-15-19-9-7-8-14-22(23)17-19)28-24(18-31-27(28)30)25(20-10-3-1-4-11-20)21-12-5-2-6-13-21/h1-6,10-13,15,22-25H,7-9,14,16-18H2/t22-,23?,24+/m1/s1. The van der Waals surface area contributed by atoms with Crippen molar-refractivity contribution in [2.24, 2.45) is 11.8 Å². The Morgan fingerprint density at radius 2 is 1.65 bits per heavy atom. The molecule has 4 heteroatoms. The first-order valence-electron chi connectivity index (χ1n) is 11.5. The number of cyclic esters (lactones) is 1. The zero-order valence-corrected chi connectivity index (χ0v) is 17.8. The van der Waals surface area contributed by atoms with Gasteiger partial charge >= 0.3 is 6.09 Å². The number of amides is 2. The van der Waals surface area contributed by atoms with E-state index in [0.717, 1.165) is 43.2 Å². The summed E-state index contributed by atoms with van der Waals surface area (Å²) < 4.78 is 5.49. The van der Waals surface area contributed by atoms with Gasteiger partial charge in [0, 0.05) is 11.8 Å². The molecule has 1 saturated heterocycles. The summed E-state index contributed by atoms with van der Waals surface area (Å²) in [5.74, 6) is 0.0614. The van der Waals surface area contributed by atoms with Gasteiger partial charge in [-0.2, -0.15) is 0 Å². The second-order valence-electron chi connectivity index (χ2n) is 9.07. The number of imide groups is 1. The lowest BCUT2D eigenvalue weighted by Gasteiger charge is -2.34. The van der Waals surface area contributed by atoms with Crippen LogP contribution in [0.2, 0.25) is 0 Å². The number of nitrogens with zero attached hydrogens (tertiary/aromatic N) is 1. The fraction of sp³-hybridized carbons (Fsp3) is 0.407. The summed E-state index contributed by atoms with van der Waals surface area (Å²) in [5.41, 5.74) is 3.68. The molecule has 0 aromatic heterocycles. The van der Waals surface area contributed by atoms with Crippen molar-refractivity contribution in [3.8, 4) is 0 Å². The van der Waals surface area contributed by atoms with Crippen LogP contribution in [0.1, 0.15) is 55.6 Å². The maximum atomic E-state index is 13.8. The molecule has 3 atom stereocenters. The number of hydrogen-bond donors (Lipinski definition) is 0. The molecule has 4 nitrogen and oxygen atoms in total. The van der Waals surface area contributed by atoms with Crippen LogP contribution in [0.4, 0.5) is 4.79 Å². The summed E-state index contributed by atoms with van der Waals surface area (Å²) in [7, 11) is 0. The maximum absolute atomic E-state index is 13.8. The number of carbonyl (C=O) groups excluding carboxylic acids is 2. The van der Waals surface area contributed by atoms with Crippen LogP contribution in [0.15, 0.2) is 72.3 Å². The van der Waals surface area contributed by atoms with E-state index in [4.69, 9.17) is 4.74 Å². The summed E-state index contributed by atoms with van der Waals surface area (Å²) in [4.78, 5) is 28.1. The van der Waals surface area contributed by atoms with E-state index in [1.165, 1.54) is 16.9 Å². The maximum Gasteiger partial charge on any atom is 0.417 e. The van der Waals surface area contributed by atoms with Gasteiger partial charge < -0.3 is 4.74 Å². The Hall–Kier alpha value is -2.88. The zero-order chi connectivity index (χ0) is 21.2. The molecule has 1 unspecified atom stereocenters. The molecule has 0 spiro atoms. The first-order chi connectivity index (χ1) is 15.2. The highest BCUT2D eigenvalue weighted by atomic mass is 16.6. The van der Waals surface area contributed by atoms with Crippen molar-refractivity contribution < 1.29 is 14.3 Å². The van der Waals surface area contributed by atoms with Crippen LogP contribution in [0, 0.1) is 11.8 Å². The highest BCUT2D eigenvalue weighted by Crippen LogP contribution is 2.41. The largest absolute Gasteiger partial charge is 0.447 e. The summed E-state index contributed by atoms with van der Waals surface area (Å²) >= 11 is 0. The van der Waals surface area contributed by atoms with Crippen molar-refractivity contribution in [2.45, 2.75) is 50.5 Å². The Morgan fingerprint density at radius 1 is 0.968 bits per heavy atom. The van der Waals surface area contributed by atoms with E-state index in [1.54, 1.807) is 0 Å². The Labute approximate surface area is 183 Å². The van der Waals surface area contributed by atoms with Crippen molar-refractivity contribution in [3.05, 3.63) is 83.4 Å². The van der Waals surface area contributed by atoms with Gasteiger partial charge in [0.15, 0.2) is 0 Å². The molecule has 2 aromatic rings. The Balaban J connectivity index is 1.49. The average molecular weight is 416 g/mol. The number of hydrogen-bond acceptors (Lipinski definition) is 3. The van der Waals surface area contributed by atoms with Gasteiger partial charge in [-0.1, -0.05) is 78.7 Å². The quantitative estimate of drug-likeness (QED) is 0.603. The van der Waals surface area contributed by atoms with Gasteiger partial charge in [-0.05, 0) is 49.1 Å². The molecule has 160 valence electrons. The predicted octanol–water partition coefficient (Wildman–Crippen LogP) is 5.69. The Bertz CT molecular complexity index is 929. The van der Waals surface area contributed by atoms with E-state index in [-0.39, 0.29) is 30.4 Å². The van der Waals surface area contributed by atoms with Crippen LogP contribution >= 0.6 is 0 Å². The van der Waals surface area contributed by atoms with E-state index in [1.807, 2.05) is 36.4 Å². The first-order valence-corrected chi connectivity index (χ1v) is 11.5. The molecule has 5 rings (SSSR count). The molecule has 0 radical (unpaired) electrons. The van der Waals surface area contributed by atoms with Gasteiger partial charge in [-0.25, -0.2) is 9.69 Å². The van der Waals surface area contributed by atoms with Crippen LogP contribution in [-0.4, -0.2) is 29.5 Å². The zero-order valence-electron chi connectivity index (χ0n) is 17.8. The molecule has 3 aliphatic rings. The fourth-order valence-corrected chi connectivity index (χ4v) is 5.69. The third-order valence-corrected chi connectivity index (χ3v) is 7.24. The van der Waals surface area contributed by atoms with Crippen molar-refractivity contribution in [1.29, 1.82) is 0 Å². The topological polar surface area (TPSA) is 46.6 Å². The molecule has 1 saturated carbocycles. The monoisotopic (exact) mass is 415 g/mol. The lowest BCUT2D eigenvalue weighted by molar-refractivity contribution is -0.135. The molecule has 1 heterocycles. The number of allylic oxidation sites excluding steroid dienone is 2. The van der Waals surface area contributed by atoms with E-state index in [2.05, 4.69) is 30.3 Å². The molecular formula is C27H29NO3. The van der Waals surface area contributed by atoms with Crippen LogP contribution in [0.25, 0.3) is 0 Å². The Morgan fingerprint density at radius 3 is 2.32 bits per heavy atom. The van der Waals surface area contributed by atoms with E-state index >= 15 is 0 Å². The smallest absolute Gasteiger partial charge is 0.417 e. The minimum Gasteiger partial charge on any atom is -0.447 e. The molecule has 2 amide bonds. The molecule has 1 aliphatic heterocycles. The van der Waals surface area contributed by atoms with Gasteiger partial charge in [0.05, 0.1) is 6.04 Å². The van der Waals surface area contributed by atoms with E-state index in [9.17, 15) is 9.59 Å². The fourth-order valence-electron chi connectivity index (χ4n) is 5.69. The minimum atomic E-state index is -0.490. The van der Waals surface area contributed by atoms with Gasteiger partial charge in [-0.3, -0.25) is 4.79 Å². The predicted molar refractivity (Wildman–Crippen MR) is 119 cm³/mol. The van der Waals surface area contributed by atoms with Crippen molar-refractivity contribution in [1.82, 2.24) is 4.90 Å². The number of fused-ring (bicyclic) bond motifs is 2. The van der Waals surface area contributed by atoms with Gasteiger partial charge in [0.25, 0.3) is 0 Å². The summed E-state index contributed by atoms with van der Waals surface area (Å²) in [6, 6.07) is 20.0. The summed E-state index contributed by atoms with van der Waals surface area (Å²) in [5, 5.41) is 0. The average Bonchev–Trinajstić information content (AvgIpc) is 3.08. The van der Waals surface area contributed by atoms with Crippen LogP contribution in [0.3, 0.4) is 0 Å². The lowest BCUT2D eigenvalue weighted by atomic mass is 9.77. The molecule has 31 heavy (non-hydrogen) atoms. The Kier molecular flexibility index (Phi) is 5.63. The highest BCUT2D eigenvalue weighted by molar-refractivity contribution is 5.95. The van der Waals surface area contributed by atoms with Crippen molar-refractivity contribution in [2.75, 3.05) is 6.61 Å². The van der Waals surface area contributed by atoms with Gasteiger partial charge in [0.2, 0.25) is 5.91 Å². The molecule has 2 fully saturated rings. The SMILES string of the molecule is O=C1OC[C@@H](C(c2ccccc2)c2ccccc2)N1C(=O)C1CC=C2CCCC[C@@H]1C2. The first kappa shape index (κ1) is 20.0. The normalized spacial score (nSPS) is 25.7. The molecule has 2 aromatic carbocycles. The van der Waals surface area contributed by atoms with Crippen molar-refractivity contribution >= 4 is 12.0 Å². The minimum absolute atomic E-state index is 0.0495. The number of benzene rings is 2. The highest BCUT2D eigenvalue weighted by Gasteiger charge is 2.47. The molecule has 2 bridgehead atoms. The summed E-state index contributed by atoms with van der Waals surface area (Å²) in [6.07, 6.45) is 8.12. The van der Waals surface area contributed by atoms with Crippen molar-refractivity contribution in [3.63, 3.8) is 0 Å². The summed E-state index contributed by atoms with van der Waals surface area (Å²) in [6.45, 7) is 0.234. The molecule has 0 N–H and O–H groups in total. The number of ether oxygens (including phenoxy) is 1.